The SMILES string of the molecule is Cc1ccccc1CSc1ncnc(NN)c1[N+](=O)[O-]. The number of nitrogens with one attached hydrogen (secondary N) is 1. The molecular weight excluding hydrogens is 278 g/mol. The quantitative estimate of drug-likeness (QED) is 0.286. The highest BCUT2D eigenvalue weighted by molar-refractivity contribution is 7.98. The second-order valence-corrected chi connectivity index (χ2v) is 4.96. The van der Waals surface area contributed by atoms with Crippen molar-refractivity contribution >= 4 is 23.3 Å². The lowest BCUT2D eigenvalue weighted by Gasteiger charge is -2.07. The predicted octanol–water partition coefficient (Wildman–Crippen LogP) is 2.27. The molecule has 104 valence electrons. The van der Waals surface area contributed by atoms with Crippen molar-refractivity contribution in [2.45, 2.75) is 17.7 Å². The van der Waals surface area contributed by atoms with Crippen molar-refractivity contribution in [3.63, 3.8) is 0 Å². The highest BCUT2D eigenvalue weighted by atomic mass is 32.2. The molecule has 2 aromatic rings. The molecule has 0 aliphatic rings. The van der Waals surface area contributed by atoms with Crippen molar-refractivity contribution in [2.24, 2.45) is 5.84 Å². The fourth-order valence-electron chi connectivity index (χ4n) is 1.66. The van der Waals surface area contributed by atoms with E-state index in [4.69, 9.17) is 5.84 Å². The standard InChI is InChI=1S/C12H13N5O2S/c1-8-4-2-3-5-9(8)6-20-12-10(17(18)19)11(16-13)14-7-15-12/h2-5,7H,6,13H2,1H3,(H,14,15,16). The van der Waals surface area contributed by atoms with Gasteiger partial charge in [0.25, 0.3) is 0 Å². The number of benzene rings is 1. The van der Waals surface area contributed by atoms with Crippen LogP contribution in [0.4, 0.5) is 11.5 Å². The number of hydrogen-bond acceptors (Lipinski definition) is 7. The molecule has 1 heterocycles. The average molecular weight is 291 g/mol. The second-order valence-electron chi connectivity index (χ2n) is 3.99. The van der Waals surface area contributed by atoms with E-state index in [2.05, 4.69) is 15.4 Å². The van der Waals surface area contributed by atoms with E-state index in [-0.39, 0.29) is 11.5 Å². The van der Waals surface area contributed by atoms with Crippen LogP contribution in [0.5, 0.6) is 0 Å². The van der Waals surface area contributed by atoms with Gasteiger partial charge in [-0.15, -0.1) is 0 Å². The molecule has 0 saturated heterocycles. The van der Waals surface area contributed by atoms with Gasteiger partial charge in [-0.1, -0.05) is 36.0 Å². The number of aryl methyl sites for hydroxylation is 1. The molecule has 1 aromatic heterocycles. The maximum absolute atomic E-state index is 11.1. The predicted molar refractivity (Wildman–Crippen MR) is 77.2 cm³/mol. The number of anilines is 1. The zero-order valence-corrected chi connectivity index (χ0v) is 11.6. The Morgan fingerprint density at radius 2 is 2.15 bits per heavy atom. The molecule has 8 heteroatoms. The molecule has 0 bridgehead atoms. The number of nitrogens with zero attached hydrogens (tertiary/aromatic N) is 3. The van der Waals surface area contributed by atoms with Crippen LogP contribution in [-0.4, -0.2) is 14.9 Å². The van der Waals surface area contributed by atoms with Crippen LogP contribution in [-0.2, 0) is 5.75 Å². The first-order valence-electron chi connectivity index (χ1n) is 5.76. The van der Waals surface area contributed by atoms with Crippen molar-refractivity contribution in [1.82, 2.24) is 9.97 Å². The van der Waals surface area contributed by atoms with Gasteiger partial charge in [0.15, 0.2) is 5.03 Å². The van der Waals surface area contributed by atoms with Crippen LogP contribution >= 0.6 is 11.8 Å². The molecule has 1 aromatic carbocycles. The minimum Gasteiger partial charge on any atom is -0.303 e. The number of thioether (sulfide) groups is 1. The average Bonchev–Trinajstić information content (AvgIpc) is 2.45. The molecule has 0 radical (unpaired) electrons. The summed E-state index contributed by atoms with van der Waals surface area (Å²) < 4.78 is 0. The third-order valence-corrected chi connectivity index (χ3v) is 3.76. The molecular formula is C12H13N5O2S. The monoisotopic (exact) mass is 291 g/mol. The normalized spacial score (nSPS) is 10.3. The molecule has 7 nitrogen and oxygen atoms in total. The van der Waals surface area contributed by atoms with E-state index in [1.807, 2.05) is 31.2 Å². The Bertz CT molecular complexity index is 635. The van der Waals surface area contributed by atoms with Gasteiger partial charge in [-0.05, 0) is 18.1 Å². The zero-order chi connectivity index (χ0) is 14.5. The Kier molecular flexibility index (Phi) is 4.49. The third-order valence-electron chi connectivity index (χ3n) is 2.73. The lowest BCUT2D eigenvalue weighted by Crippen LogP contribution is -2.12. The van der Waals surface area contributed by atoms with E-state index >= 15 is 0 Å². The van der Waals surface area contributed by atoms with Gasteiger partial charge in [0, 0.05) is 5.75 Å². The Morgan fingerprint density at radius 3 is 2.80 bits per heavy atom. The first-order valence-corrected chi connectivity index (χ1v) is 6.75. The minimum absolute atomic E-state index is 0.0114. The van der Waals surface area contributed by atoms with Gasteiger partial charge in [0.2, 0.25) is 5.82 Å². The van der Waals surface area contributed by atoms with Crippen molar-refractivity contribution < 1.29 is 4.92 Å². The van der Waals surface area contributed by atoms with Crippen molar-refractivity contribution in [3.8, 4) is 0 Å². The molecule has 0 saturated carbocycles. The van der Waals surface area contributed by atoms with E-state index in [0.29, 0.717) is 10.8 Å². The summed E-state index contributed by atoms with van der Waals surface area (Å²) in [6.45, 7) is 2.00. The Morgan fingerprint density at radius 1 is 1.40 bits per heavy atom. The summed E-state index contributed by atoms with van der Waals surface area (Å²) in [5.74, 6) is 5.84. The van der Waals surface area contributed by atoms with Gasteiger partial charge in [0.05, 0.1) is 4.92 Å². The van der Waals surface area contributed by atoms with Crippen molar-refractivity contribution in [1.29, 1.82) is 0 Å². The van der Waals surface area contributed by atoms with E-state index in [1.165, 1.54) is 18.1 Å². The largest absolute Gasteiger partial charge is 0.344 e. The fraction of sp³-hybridized carbons (Fsp3) is 0.167. The van der Waals surface area contributed by atoms with Crippen molar-refractivity contribution in [3.05, 3.63) is 51.8 Å². The van der Waals surface area contributed by atoms with Gasteiger partial charge >= 0.3 is 5.69 Å². The second kappa shape index (κ2) is 6.31. The van der Waals surface area contributed by atoms with Crippen LogP contribution in [0.2, 0.25) is 0 Å². The summed E-state index contributed by atoms with van der Waals surface area (Å²) in [6, 6.07) is 7.87. The molecule has 0 atom stereocenters. The molecule has 0 unspecified atom stereocenters. The Balaban J connectivity index is 2.26. The molecule has 0 fully saturated rings. The number of aromatic nitrogens is 2. The number of nitrogens with two attached hydrogens (primary N) is 1. The van der Waals surface area contributed by atoms with Gasteiger partial charge in [0.1, 0.15) is 6.33 Å². The lowest BCUT2D eigenvalue weighted by molar-refractivity contribution is -0.387. The Labute approximate surface area is 119 Å². The van der Waals surface area contributed by atoms with Gasteiger partial charge in [-0.2, -0.15) is 0 Å². The van der Waals surface area contributed by atoms with Gasteiger partial charge in [-0.3, -0.25) is 10.1 Å². The molecule has 3 N–H and O–H groups in total. The van der Waals surface area contributed by atoms with Crippen molar-refractivity contribution in [2.75, 3.05) is 5.43 Å². The molecule has 0 aliphatic heterocycles. The number of hydrazine groups is 1. The summed E-state index contributed by atoms with van der Waals surface area (Å²) in [5.41, 5.74) is 4.26. The number of rotatable bonds is 5. The molecule has 0 amide bonds. The van der Waals surface area contributed by atoms with Crippen LogP contribution < -0.4 is 11.3 Å². The topological polar surface area (TPSA) is 107 Å². The third kappa shape index (κ3) is 3.03. The maximum Gasteiger partial charge on any atom is 0.344 e. The first kappa shape index (κ1) is 14.2. The molecule has 0 aliphatic carbocycles. The summed E-state index contributed by atoms with van der Waals surface area (Å²) in [4.78, 5) is 18.3. The smallest absolute Gasteiger partial charge is 0.303 e. The lowest BCUT2D eigenvalue weighted by atomic mass is 10.1. The fourth-order valence-corrected chi connectivity index (χ4v) is 2.70. The van der Waals surface area contributed by atoms with E-state index in [1.54, 1.807) is 0 Å². The number of nitro groups is 1. The minimum atomic E-state index is -0.532. The Hall–Kier alpha value is -2.19. The summed E-state index contributed by atoms with van der Waals surface area (Å²) in [5, 5.41) is 11.4. The van der Waals surface area contributed by atoms with Crippen LogP contribution in [0, 0.1) is 17.0 Å². The van der Waals surface area contributed by atoms with Gasteiger partial charge < -0.3 is 5.43 Å². The van der Waals surface area contributed by atoms with E-state index in [0.717, 1.165) is 11.1 Å². The molecule has 20 heavy (non-hydrogen) atoms. The van der Waals surface area contributed by atoms with E-state index < -0.39 is 4.92 Å². The number of nitrogen functional groups attached to an aromatic ring is 1. The van der Waals surface area contributed by atoms with Gasteiger partial charge in [-0.25, -0.2) is 15.8 Å². The highest BCUT2D eigenvalue weighted by Gasteiger charge is 2.22. The number of hydrogen-bond donors (Lipinski definition) is 2. The molecule has 2 rings (SSSR count). The van der Waals surface area contributed by atoms with Crippen LogP contribution in [0.3, 0.4) is 0 Å². The summed E-state index contributed by atoms with van der Waals surface area (Å²) in [6.07, 6.45) is 1.25. The summed E-state index contributed by atoms with van der Waals surface area (Å²) >= 11 is 1.28. The van der Waals surface area contributed by atoms with Crippen LogP contribution in [0.15, 0.2) is 35.6 Å². The maximum atomic E-state index is 11.1. The van der Waals surface area contributed by atoms with E-state index in [9.17, 15) is 10.1 Å². The van der Waals surface area contributed by atoms with Crippen LogP contribution in [0.25, 0.3) is 0 Å². The highest BCUT2D eigenvalue weighted by Crippen LogP contribution is 2.33. The van der Waals surface area contributed by atoms with Crippen LogP contribution in [0.1, 0.15) is 11.1 Å². The summed E-state index contributed by atoms with van der Waals surface area (Å²) in [7, 11) is 0. The zero-order valence-electron chi connectivity index (χ0n) is 10.7. The molecule has 0 spiro atoms. The first-order chi connectivity index (χ1) is 9.63.